The van der Waals surface area contributed by atoms with E-state index in [4.69, 9.17) is 4.74 Å². The summed E-state index contributed by atoms with van der Waals surface area (Å²) in [5.41, 5.74) is 2.14. The number of fused-ring (bicyclic) bond motifs is 1. The SMILES string of the molecule is CC[Si](CC)(CC)[C@H](C)c1cc(OC)ccc1S(=O)(=O)Nc1cccc2cccnc12. The second kappa shape index (κ2) is 9.40. The van der Waals surface area contributed by atoms with Gasteiger partial charge in [-0.15, -0.1) is 0 Å². The summed E-state index contributed by atoms with van der Waals surface area (Å²) >= 11 is 0. The molecule has 0 aliphatic carbocycles. The summed E-state index contributed by atoms with van der Waals surface area (Å²) in [6, 6.07) is 17.9. The van der Waals surface area contributed by atoms with E-state index in [-0.39, 0.29) is 5.54 Å². The van der Waals surface area contributed by atoms with Gasteiger partial charge in [-0.25, -0.2) is 8.42 Å². The Balaban J connectivity index is 2.13. The number of nitrogens with zero attached hydrogens (tertiary/aromatic N) is 1. The number of rotatable bonds is 9. The van der Waals surface area contributed by atoms with Crippen LogP contribution in [0.2, 0.25) is 18.1 Å². The highest BCUT2D eigenvalue weighted by atomic mass is 32.2. The van der Waals surface area contributed by atoms with Gasteiger partial charge in [-0.3, -0.25) is 9.71 Å². The fourth-order valence-electron chi connectivity index (χ4n) is 4.62. The minimum Gasteiger partial charge on any atom is -0.497 e. The van der Waals surface area contributed by atoms with Crippen LogP contribution in [0, 0.1) is 0 Å². The van der Waals surface area contributed by atoms with Crippen molar-refractivity contribution in [1.82, 2.24) is 4.98 Å². The normalized spacial score (nSPS) is 13.2. The molecule has 0 amide bonds. The third-order valence-corrected chi connectivity index (χ3v) is 14.7. The third-order valence-electron chi connectivity index (χ3n) is 6.88. The molecule has 0 saturated carbocycles. The van der Waals surface area contributed by atoms with Gasteiger partial charge in [0.2, 0.25) is 0 Å². The maximum atomic E-state index is 13.6. The quantitative estimate of drug-likeness (QED) is 0.390. The number of hydrogen-bond donors (Lipinski definition) is 1. The van der Waals surface area contributed by atoms with Gasteiger partial charge in [-0.1, -0.05) is 64.0 Å². The molecule has 3 rings (SSSR count). The monoisotopic (exact) mass is 456 g/mol. The second-order valence-electron chi connectivity index (χ2n) is 8.03. The van der Waals surface area contributed by atoms with Gasteiger partial charge >= 0.3 is 0 Å². The van der Waals surface area contributed by atoms with Crippen molar-refractivity contribution in [2.45, 2.75) is 56.3 Å². The standard InChI is InChI=1S/C24H32N2O3SSi/c1-6-31(7-2,8-3)18(4)21-17-20(29-5)14-15-23(21)30(27,28)26-22-13-9-11-19-12-10-16-25-24(19)22/h9-18,26H,6-8H2,1-5H3/t18-/m1/s1. The van der Waals surface area contributed by atoms with E-state index in [0.29, 0.717) is 21.8 Å². The summed E-state index contributed by atoms with van der Waals surface area (Å²) in [7, 11) is -3.90. The Kier molecular flexibility index (Phi) is 7.06. The highest BCUT2D eigenvalue weighted by Crippen LogP contribution is 2.40. The topological polar surface area (TPSA) is 68.3 Å². The molecule has 2 aromatic carbocycles. The molecule has 1 heterocycles. The molecule has 0 aliphatic heterocycles. The van der Waals surface area contributed by atoms with Crippen molar-refractivity contribution < 1.29 is 13.2 Å². The molecule has 0 saturated heterocycles. The van der Waals surface area contributed by atoms with Gasteiger partial charge in [0.15, 0.2) is 0 Å². The van der Waals surface area contributed by atoms with E-state index in [2.05, 4.69) is 37.4 Å². The molecular weight excluding hydrogens is 424 g/mol. The Morgan fingerprint density at radius 1 is 1.03 bits per heavy atom. The van der Waals surface area contributed by atoms with Crippen LogP contribution in [0.25, 0.3) is 10.9 Å². The van der Waals surface area contributed by atoms with Gasteiger partial charge in [0.1, 0.15) is 5.75 Å². The van der Waals surface area contributed by atoms with Gasteiger partial charge in [0.05, 0.1) is 31.3 Å². The zero-order valence-corrected chi connectivity index (χ0v) is 20.8. The Hall–Kier alpha value is -2.38. The highest BCUT2D eigenvalue weighted by Gasteiger charge is 2.37. The van der Waals surface area contributed by atoms with Crippen molar-refractivity contribution >= 4 is 34.7 Å². The van der Waals surface area contributed by atoms with Crippen molar-refractivity contribution in [3.63, 3.8) is 0 Å². The van der Waals surface area contributed by atoms with Crippen molar-refractivity contribution in [3.05, 3.63) is 60.3 Å². The predicted octanol–water partition coefficient (Wildman–Crippen LogP) is 6.20. The van der Waals surface area contributed by atoms with Crippen LogP contribution in [0.1, 0.15) is 38.8 Å². The highest BCUT2D eigenvalue weighted by molar-refractivity contribution is 7.92. The number of pyridine rings is 1. The lowest BCUT2D eigenvalue weighted by Crippen LogP contribution is -2.39. The van der Waals surface area contributed by atoms with E-state index in [1.807, 2.05) is 30.3 Å². The zero-order chi connectivity index (χ0) is 22.6. The van der Waals surface area contributed by atoms with Crippen LogP contribution in [-0.2, 0) is 10.0 Å². The summed E-state index contributed by atoms with van der Waals surface area (Å²) in [6.45, 7) is 8.91. The second-order valence-corrected chi connectivity index (χ2v) is 15.4. The van der Waals surface area contributed by atoms with Crippen LogP contribution in [0.5, 0.6) is 5.75 Å². The fraction of sp³-hybridized carbons (Fsp3) is 0.375. The molecule has 0 radical (unpaired) electrons. The number of methoxy groups -OCH3 is 1. The van der Waals surface area contributed by atoms with Crippen LogP contribution in [-0.4, -0.2) is 28.6 Å². The molecule has 3 aromatic rings. The van der Waals surface area contributed by atoms with Crippen LogP contribution >= 0.6 is 0 Å². The number of nitrogens with one attached hydrogen (secondary N) is 1. The average molecular weight is 457 g/mol. The van der Waals surface area contributed by atoms with Crippen molar-refractivity contribution in [3.8, 4) is 5.75 Å². The Bertz CT molecular complexity index is 1150. The van der Waals surface area contributed by atoms with Gasteiger partial charge in [-0.2, -0.15) is 0 Å². The Labute approximate surface area is 186 Å². The molecule has 166 valence electrons. The molecule has 1 atom stereocenters. The van der Waals surface area contributed by atoms with Crippen molar-refractivity contribution in [1.29, 1.82) is 0 Å². The first-order chi connectivity index (χ1) is 14.8. The van der Waals surface area contributed by atoms with Crippen molar-refractivity contribution in [2.24, 2.45) is 0 Å². The van der Waals surface area contributed by atoms with Crippen molar-refractivity contribution in [2.75, 3.05) is 11.8 Å². The van der Waals surface area contributed by atoms with Gasteiger partial charge in [0, 0.05) is 11.6 Å². The number of benzene rings is 2. The molecule has 5 nitrogen and oxygen atoms in total. The first-order valence-corrected chi connectivity index (χ1v) is 15.0. The number of anilines is 1. The number of ether oxygens (including phenoxy) is 1. The van der Waals surface area contributed by atoms with Crippen LogP contribution in [0.15, 0.2) is 59.6 Å². The van der Waals surface area contributed by atoms with E-state index in [1.54, 1.807) is 31.5 Å². The smallest absolute Gasteiger partial charge is 0.262 e. The average Bonchev–Trinajstić information content (AvgIpc) is 2.80. The van der Waals surface area contributed by atoms with E-state index < -0.39 is 18.1 Å². The molecule has 0 unspecified atom stereocenters. The van der Waals surface area contributed by atoms with Gasteiger partial charge in [-0.05, 0) is 41.4 Å². The lowest BCUT2D eigenvalue weighted by atomic mass is 10.1. The lowest BCUT2D eigenvalue weighted by Gasteiger charge is -2.36. The Morgan fingerprint density at radius 3 is 2.35 bits per heavy atom. The largest absolute Gasteiger partial charge is 0.497 e. The maximum absolute atomic E-state index is 13.6. The van der Waals surface area contributed by atoms with E-state index >= 15 is 0 Å². The molecule has 1 aromatic heterocycles. The van der Waals surface area contributed by atoms with E-state index in [1.165, 1.54) is 0 Å². The molecule has 1 N–H and O–H groups in total. The molecular formula is C24H32N2O3SSi. The molecule has 0 fully saturated rings. The summed E-state index contributed by atoms with van der Waals surface area (Å²) in [6.07, 6.45) is 1.67. The molecule has 0 aliphatic rings. The first-order valence-electron chi connectivity index (χ1n) is 10.9. The predicted molar refractivity (Wildman–Crippen MR) is 131 cm³/mol. The van der Waals surface area contributed by atoms with Crippen LogP contribution in [0.4, 0.5) is 5.69 Å². The summed E-state index contributed by atoms with van der Waals surface area (Å²) in [4.78, 5) is 4.70. The third kappa shape index (κ3) is 4.48. The minimum absolute atomic E-state index is 0.180. The van der Waals surface area contributed by atoms with Gasteiger partial charge in [0.25, 0.3) is 10.0 Å². The van der Waals surface area contributed by atoms with E-state index in [9.17, 15) is 8.42 Å². The van der Waals surface area contributed by atoms with E-state index in [0.717, 1.165) is 29.1 Å². The summed E-state index contributed by atoms with van der Waals surface area (Å²) in [5, 5.41) is 0.889. The number of para-hydroxylation sites is 1. The summed E-state index contributed by atoms with van der Waals surface area (Å²) < 4.78 is 35.4. The first kappa shape index (κ1) is 23.3. The lowest BCUT2D eigenvalue weighted by molar-refractivity contribution is 0.413. The molecule has 0 spiro atoms. The number of aromatic nitrogens is 1. The minimum atomic E-state index is -3.81. The number of hydrogen-bond acceptors (Lipinski definition) is 4. The zero-order valence-electron chi connectivity index (χ0n) is 19.0. The molecule has 0 bridgehead atoms. The molecule has 31 heavy (non-hydrogen) atoms. The van der Waals surface area contributed by atoms with Gasteiger partial charge < -0.3 is 4.74 Å². The summed E-state index contributed by atoms with van der Waals surface area (Å²) in [5.74, 6) is 0.679. The Morgan fingerprint density at radius 2 is 1.71 bits per heavy atom. The number of sulfonamides is 1. The van der Waals surface area contributed by atoms with Crippen LogP contribution < -0.4 is 9.46 Å². The fourth-order valence-corrected chi connectivity index (χ4v) is 10.3. The maximum Gasteiger partial charge on any atom is 0.262 e. The molecule has 7 heteroatoms. The van der Waals surface area contributed by atoms with Crippen LogP contribution in [0.3, 0.4) is 0 Å².